The maximum atomic E-state index is 12.7. The van der Waals surface area contributed by atoms with E-state index in [2.05, 4.69) is 34.9 Å². The van der Waals surface area contributed by atoms with Crippen LogP contribution in [0.15, 0.2) is 48.5 Å². The van der Waals surface area contributed by atoms with Crippen LogP contribution in [0.3, 0.4) is 0 Å². The summed E-state index contributed by atoms with van der Waals surface area (Å²) in [5.41, 5.74) is 4.61. The average Bonchev–Trinajstić information content (AvgIpc) is 3.18. The monoisotopic (exact) mass is 498 g/mol. The highest BCUT2D eigenvalue weighted by molar-refractivity contribution is 7.98. The highest BCUT2D eigenvalue weighted by Crippen LogP contribution is 2.44. The third-order valence-corrected chi connectivity index (χ3v) is 6.82. The zero-order chi connectivity index (χ0) is 25.0. The van der Waals surface area contributed by atoms with Gasteiger partial charge < -0.3 is 20.5 Å². The van der Waals surface area contributed by atoms with Gasteiger partial charge in [0.2, 0.25) is 5.91 Å². The molecule has 0 heterocycles. The van der Waals surface area contributed by atoms with Crippen molar-refractivity contribution in [3.8, 4) is 11.1 Å². The number of fused-ring (bicyclic) bond motifs is 3. The maximum absolute atomic E-state index is 12.7. The molecule has 0 unspecified atom stereocenters. The maximum Gasteiger partial charge on any atom is 0.407 e. The Morgan fingerprint density at radius 1 is 0.971 bits per heavy atom. The van der Waals surface area contributed by atoms with Gasteiger partial charge in [0, 0.05) is 18.9 Å². The van der Waals surface area contributed by atoms with E-state index in [4.69, 9.17) is 9.84 Å². The zero-order valence-electron chi connectivity index (χ0n) is 20.1. The molecule has 0 saturated heterocycles. The van der Waals surface area contributed by atoms with Crippen molar-refractivity contribution < 1.29 is 24.2 Å². The van der Waals surface area contributed by atoms with Crippen molar-refractivity contribution in [3.63, 3.8) is 0 Å². The van der Waals surface area contributed by atoms with Crippen LogP contribution >= 0.6 is 11.8 Å². The van der Waals surface area contributed by atoms with Crippen molar-refractivity contribution in [2.24, 2.45) is 0 Å². The normalized spacial score (nSPS) is 12.9. The van der Waals surface area contributed by atoms with Gasteiger partial charge >= 0.3 is 12.1 Å². The van der Waals surface area contributed by atoms with Gasteiger partial charge in [-0.2, -0.15) is 11.8 Å². The number of rotatable bonds is 14. The van der Waals surface area contributed by atoms with Crippen LogP contribution in [-0.4, -0.2) is 54.3 Å². The van der Waals surface area contributed by atoms with Crippen molar-refractivity contribution in [2.45, 2.75) is 50.5 Å². The van der Waals surface area contributed by atoms with Gasteiger partial charge in [0.05, 0.1) is 0 Å². The largest absolute Gasteiger partial charge is 0.481 e. The van der Waals surface area contributed by atoms with Crippen LogP contribution in [0.5, 0.6) is 0 Å². The Bertz CT molecular complexity index is 967. The average molecular weight is 499 g/mol. The number of carboxylic acid groups (broad SMARTS) is 1. The molecule has 188 valence electrons. The molecule has 0 radical (unpaired) electrons. The van der Waals surface area contributed by atoms with Crippen LogP contribution < -0.4 is 10.6 Å². The standard InChI is InChI=1S/C27H34N2O5S/c1-35-17-15-24(26(32)28-16-9-3-2-4-14-25(30)31)29-27(33)34-18-23-21-12-7-5-10-19(21)20-11-6-8-13-22(20)23/h5-8,10-13,23-24H,2-4,9,14-18H2,1H3,(H,28,32)(H,29,33)(H,30,31)/t24-/m1/s1. The van der Waals surface area contributed by atoms with Gasteiger partial charge in [-0.25, -0.2) is 4.79 Å². The van der Waals surface area contributed by atoms with Gasteiger partial charge in [0.1, 0.15) is 12.6 Å². The molecule has 0 spiro atoms. The van der Waals surface area contributed by atoms with Gasteiger partial charge in [-0.15, -0.1) is 0 Å². The van der Waals surface area contributed by atoms with Crippen molar-refractivity contribution in [1.82, 2.24) is 10.6 Å². The summed E-state index contributed by atoms with van der Waals surface area (Å²) in [7, 11) is 0. The van der Waals surface area contributed by atoms with Gasteiger partial charge in [0.25, 0.3) is 0 Å². The smallest absolute Gasteiger partial charge is 0.407 e. The number of carbonyl (C=O) groups is 3. The second kappa shape index (κ2) is 13.8. The SMILES string of the molecule is CSCC[C@@H](NC(=O)OCC1c2ccccc2-c2ccccc21)C(=O)NCCCCCCC(=O)O. The molecule has 2 aromatic rings. The third kappa shape index (κ3) is 7.75. The lowest BCUT2D eigenvalue weighted by atomic mass is 9.98. The predicted octanol–water partition coefficient (Wildman–Crippen LogP) is 4.80. The summed E-state index contributed by atoms with van der Waals surface area (Å²) in [6.45, 7) is 0.696. The first kappa shape index (κ1) is 26.6. The van der Waals surface area contributed by atoms with Gasteiger partial charge in [0.15, 0.2) is 0 Å². The van der Waals surface area contributed by atoms with E-state index in [9.17, 15) is 14.4 Å². The highest BCUT2D eigenvalue weighted by Gasteiger charge is 2.29. The fourth-order valence-electron chi connectivity index (χ4n) is 4.38. The van der Waals surface area contributed by atoms with Crippen LogP contribution in [0.2, 0.25) is 0 Å². The minimum atomic E-state index is -0.783. The van der Waals surface area contributed by atoms with Gasteiger partial charge in [-0.1, -0.05) is 61.4 Å². The minimum absolute atomic E-state index is 0.0345. The molecule has 0 aliphatic heterocycles. The van der Waals surface area contributed by atoms with Crippen molar-refractivity contribution in [2.75, 3.05) is 25.2 Å². The first-order valence-corrected chi connectivity index (χ1v) is 13.5. The molecule has 8 heteroatoms. The molecule has 35 heavy (non-hydrogen) atoms. The molecule has 7 nitrogen and oxygen atoms in total. The Morgan fingerprint density at radius 2 is 1.60 bits per heavy atom. The van der Waals surface area contributed by atoms with Crippen molar-refractivity contribution in [1.29, 1.82) is 0 Å². The van der Waals surface area contributed by atoms with E-state index in [-0.39, 0.29) is 24.9 Å². The van der Waals surface area contributed by atoms with E-state index in [0.29, 0.717) is 19.4 Å². The Labute approximate surface area is 211 Å². The van der Waals surface area contributed by atoms with E-state index >= 15 is 0 Å². The number of hydrogen-bond donors (Lipinski definition) is 3. The lowest BCUT2D eigenvalue weighted by Crippen LogP contribution is -2.47. The fraction of sp³-hybridized carbons (Fsp3) is 0.444. The Balaban J connectivity index is 1.49. The Kier molecular flexibility index (Phi) is 10.5. The predicted molar refractivity (Wildman–Crippen MR) is 139 cm³/mol. The number of amides is 2. The molecule has 1 aliphatic rings. The molecule has 1 aliphatic carbocycles. The lowest BCUT2D eigenvalue weighted by Gasteiger charge is -2.19. The number of benzene rings is 2. The second-order valence-corrected chi connectivity index (χ2v) is 9.64. The van der Waals surface area contributed by atoms with Crippen LogP contribution in [0.25, 0.3) is 11.1 Å². The second-order valence-electron chi connectivity index (χ2n) is 8.65. The molecule has 2 amide bonds. The van der Waals surface area contributed by atoms with Crippen molar-refractivity contribution >= 4 is 29.7 Å². The number of alkyl carbamates (subject to hydrolysis) is 1. The van der Waals surface area contributed by atoms with Gasteiger partial charge in [-0.05, 0) is 53.5 Å². The summed E-state index contributed by atoms with van der Waals surface area (Å²) in [5.74, 6) is -0.309. The molecule has 3 rings (SSSR count). The van der Waals surface area contributed by atoms with Crippen LogP contribution in [0.4, 0.5) is 4.79 Å². The number of nitrogens with one attached hydrogen (secondary N) is 2. The summed E-state index contributed by atoms with van der Waals surface area (Å²) >= 11 is 1.61. The molecular weight excluding hydrogens is 464 g/mol. The Morgan fingerprint density at radius 3 is 2.23 bits per heavy atom. The molecule has 2 aromatic carbocycles. The summed E-state index contributed by atoms with van der Waals surface area (Å²) < 4.78 is 5.60. The van der Waals surface area contributed by atoms with Crippen LogP contribution in [0, 0.1) is 0 Å². The number of thioether (sulfide) groups is 1. The third-order valence-electron chi connectivity index (χ3n) is 6.18. The molecule has 0 aromatic heterocycles. The Hall–Kier alpha value is -3.00. The molecular formula is C27H34N2O5S. The number of carboxylic acids is 1. The number of aliphatic carboxylic acids is 1. The molecule has 3 N–H and O–H groups in total. The number of unbranched alkanes of at least 4 members (excludes halogenated alkanes) is 3. The van der Waals surface area contributed by atoms with E-state index < -0.39 is 18.1 Å². The summed E-state index contributed by atoms with van der Waals surface area (Å²) in [6, 6.07) is 15.7. The lowest BCUT2D eigenvalue weighted by molar-refractivity contribution is -0.137. The molecule has 1 atom stereocenters. The van der Waals surface area contributed by atoms with E-state index in [1.165, 1.54) is 0 Å². The van der Waals surface area contributed by atoms with Crippen LogP contribution in [0.1, 0.15) is 55.6 Å². The summed E-state index contributed by atoms with van der Waals surface area (Å²) in [6.07, 6.45) is 5.12. The van der Waals surface area contributed by atoms with Gasteiger partial charge in [-0.3, -0.25) is 9.59 Å². The van der Waals surface area contributed by atoms with Crippen molar-refractivity contribution in [3.05, 3.63) is 59.7 Å². The fourth-order valence-corrected chi connectivity index (χ4v) is 4.85. The quantitative estimate of drug-likeness (QED) is 0.323. The minimum Gasteiger partial charge on any atom is -0.481 e. The number of hydrogen-bond acceptors (Lipinski definition) is 5. The zero-order valence-corrected chi connectivity index (χ0v) is 20.9. The van der Waals surface area contributed by atoms with Crippen LogP contribution in [-0.2, 0) is 14.3 Å². The molecule has 0 bridgehead atoms. The highest BCUT2D eigenvalue weighted by atomic mass is 32.2. The number of carbonyl (C=O) groups excluding carboxylic acids is 2. The van der Waals surface area contributed by atoms with E-state index in [1.54, 1.807) is 11.8 Å². The molecule has 0 saturated carbocycles. The first-order valence-electron chi connectivity index (χ1n) is 12.1. The summed E-state index contributed by atoms with van der Waals surface area (Å²) in [4.78, 5) is 35.9. The van der Waals surface area contributed by atoms with E-state index in [1.807, 2.05) is 30.5 Å². The molecule has 0 fully saturated rings. The van der Waals surface area contributed by atoms with E-state index in [0.717, 1.165) is 47.3 Å². The topological polar surface area (TPSA) is 105 Å². The first-order chi connectivity index (χ1) is 17.0. The summed E-state index contributed by atoms with van der Waals surface area (Å²) in [5, 5.41) is 14.3. The number of ether oxygens (including phenoxy) is 1.